The number of rotatable bonds is 2. The lowest BCUT2D eigenvalue weighted by Crippen LogP contribution is -2.27. The highest BCUT2D eigenvalue weighted by Crippen LogP contribution is 2.36. The maximum absolute atomic E-state index is 12.4. The van der Waals surface area contributed by atoms with E-state index in [9.17, 15) is 9.59 Å². The number of benzene rings is 1. The van der Waals surface area contributed by atoms with E-state index in [0.29, 0.717) is 15.6 Å². The SMILES string of the molecule is O=C1S/C(=C/c2ccncc2)C(=O)N1c1cccc(Cl)c1. The second-order valence-corrected chi connectivity index (χ2v) is 5.71. The summed E-state index contributed by atoms with van der Waals surface area (Å²) in [7, 11) is 0. The molecule has 0 atom stereocenters. The molecule has 2 amide bonds. The van der Waals surface area contributed by atoms with Crippen LogP contribution in [0, 0.1) is 0 Å². The van der Waals surface area contributed by atoms with Crippen molar-refractivity contribution < 1.29 is 9.59 Å². The number of hydrogen-bond acceptors (Lipinski definition) is 4. The van der Waals surface area contributed by atoms with Gasteiger partial charge in [-0.05, 0) is 53.7 Å². The molecule has 0 aliphatic carbocycles. The third kappa shape index (κ3) is 2.84. The minimum Gasteiger partial charge on any atom is -0.268 e. The molecule has 0 saturated carbocycles. The third-order valence-corrected chi connectivity index (χ3v) is 3.97. The van der Waals surface area contributed by atoms with Crippen molar-refractivity contribution in [2.24, 2.45) is 0 Å². The average molecular weight is 317 g/mol. The molecule has 0 unspecified atom stereocenters. The lowest BCUT2D eigenvalue weighted by molar-refractivity contribution is -0.113. The van der Waals surface area contributed by atoms with Gasteiger partial charge in [0.05, 0.1) is 10.6 Å². The van der Waals surface area contributed by atoms with Gasteiger partial charge in [0.25, 0.3) is 11.1 Å². The van der Waals surface area contributed by atoms with E-state index in [1.807, 2.05) is 0 Å². The maximum atomic E-state index is 12.4. The van der Waals surface area contributed by atoms with Crippen LogP contribution in [0.25, 0.3) is 6.08 Å². The zero-order valence-corrected chi connectivity index (χ0v) is 12.3. The summed E-state index contributed by atoms with van der Waals surface area (Å²) < 4.78 is 0. The van der Waals surface area contributed by atoms with Crippen molar-refractivity contribution in [3.63, 3.8) is 0 Å². The Morgan fingerprint density at radius 3 is 2.62 bits per heavy atom. The van der Waals surface area contributed by atoms with Crippen LogP contribution in [0.5, 0.6) is 0 Å². The zero-order valence-electron chi connectivity index (χ0n) is 10.7. The monoisotopic (exact) mass is 316 g/mol. The minimum atomic E-state index is -0.343. The Kier molecular flexibility index (Phi) is 3.77. The smallest absolute Gasteiger partial charge is 0.268 e. The number of amides is 2. The van der Waals surface area contributed by atoms with E-state index >= 15 is 0 Å². The fourth-order valence-electron chi connectivity index (χ4n) is 1.92. The molecule has 0 radical (unpaired) electrons. The Hall–Kier alpha value is -2.11. The molecule has 1 aromatic carbocycles. The molecule has 1 aromatic heterocycles. The third-order valence-electron chi connectivity index (χ3n) is 2.86. The summed E-state index contributed by atoms with van der Waals surface area (Å²) in [5.74, 6) is -0.343. The Morgan fingerprint density at radius 1 is 1.14 bits per heavy atom. The summed E-state index contributed by atoms with van der Waals surface area (Å²) in [6, 6.07) is 10.2. The lowest BCUT2D eigenvalue weighted by atomic mass is 10.2. The zero-order chi connectivity index (χ0) is 14.8. The fraction of sp³-hybridized carbons (Fsp3) is 0. The largest absolute Gasteiger partial charge is 0.298 e. The van der Waals surface area contributed by atoms with Crippen LogP contribution in [0.15, 0.2) is 53.7 Å². The first-order valence-electron chi connectivity index (χ1n) is 6.09. The molecule has 2 heterocycles. The number of aromatic nitrogens is 1. The van der Waals surface area contributed by atoms with Crippen molar-refractivity contribution >= 4 is 46.3 Å². The number of pyridine rings is 1. The van der Waals surface area contributed by atoms with Gasteiger partial charge >= 0.3 is 0 Å². The number of halogens is 1. The van der Waals surface area contributed by atoms with Gasteiger partial charge in [-0.3, -0.25) is 14.6 Å². The van der Waals surface area contributed by atoms with Gasteiger partial charge in [-0.1, -0.05) is 17.7 Å². The van der Waals surface area contributed by atoms with Crippen molar-refractivity contribution in [2.45, 2.75) is 0 Å². The summed E-state index contributed by atoms with van der Waals surface area (Å²) in [6.45, 7) is 0. The van der Waals surface area contributed by atoms with Crippen LogP contribution in [0.1, 0.15) is 5.56 Å². The first kappa shape index (κ1) is 13.9. The van der Waals surface area contributed by atoms with Gasteiger partial charge in [0.1, 0.15) is 0 Å². The number of carbonyl (C=O) groups is 2. The fourth-order valence-corrected chi connectivity index (χ4v) is 2.94. The van der Waals surface area contributed by atoms with Crippen molar-refractivity contribution in [2.75, 3.05) is 4.90 Å². The standard InChI is InChI=1S/C15H9ClN2O2S/c16-11-2-1-3-12(9-11)18-14(19)13(21-15(18)20)8-10-4-6-17-7-5-10/h1-9H/b13-8+. The van der Waals surface area contributed by atoms with E-state index in [0.717, 1.165) is 22.2 Å². The van der Waals surface area contributed by atoms with E-state index in [1.165, 1.54) is 0 Å². The highest BCUT2D eigenvalue weighted by atomic mass is 35.5. The first-order valence-corrected chi connectivity index (χ1v) is 7.28. The average Bonchev–Trinajstić information content (AvgIpc) is 2.74. The van der Waals surface area contributed by atoms with E-state index in [-0.39, 0.29) is 11.1 Å². The van der Waals surface area contributed by atoms with Crippen LogP contribution in [-0.4, -0.2) is 16.1 Å². The highest BCUT2D eigenvalue weighted by molar-refractivity contribution is 8.19. The molecule has 3 rings (SSSR count). The van der Waals surface area contributed by atoms with Crippen LogP contribution < -0.4 is 4.90 Å². The predicted octanol–water partition coefficient (Wildman–Crippen LogP) is 3.98. The summed E-state index contributed by atoms with van der Waals surface area (Å²) in [6.07, 6.45) is 4.94. The van der Waals surface area contributed by atoms with Gasteiger partial charge in [0.2, 0.25) is 0 Å². The molecule has 0 spiro atoms. The number of anilines is 1. The van der Waals surface area contributed by atoms with E-state index < -0.39 is 0 Å². The lowest BCUT2D eigenvalue weighted by Gasteiger charge is -2.12. The first-order chi connectivity index (χ1) is 10.1. The summed E-state index contributed by atoms with van der Waals surface area (Å²) in [5.41, 5.74) is 1.30. The van der Waals surface area contributed by atoms with Crippen LogP contribution in [-0.2, 0) is 4.79 Å². The molecule has 6 heteroatoms. The number of imide groups is 1. The molecule has 4 nitrogen and oxygen atoms in total. The molecular weight excluding hydrogens is 308 g/mol. The van der Waals surface area contributed by atoms with Gasteiger partial charge in [-0.15, -0.1) is 0 Å². The number of thioether (sulfide) groups is 1. The van der Waals surface area contributed by atoms with Gasteiger partial charge < -0.3 is 0 Å². The van der Waals surface area contributed by atoms with Crippen LogP contribution in [0.4, 0.5) is 10.5 Å². The molecule has 21 heavy (non-hydrogen) atoms. The normalized spacial score (nSPS) is 16.8. The Balaban J connectivity index is 1.94. The second kappa shape index (κ2) is 5.71. The van der Waals surface area contributed by atoms with Crippen molar-refractivity contribution in [3.8, 4) is 0 Å². The molecule has 0 bridgehead atoms. The molecule has 1 saturated heterocycles. The molecule has 1 fully saturated rings. The summed E-state index contributed by atoms with van der Waals surface area (Å²) in [5, 5.41) is 0.146. The number of carbonyl (C=O) groups excluding carboxylic acids is 2. The van der Waals surface area contributed by atoms with Crippen LogP contribution in [0.2, 0.25) is 5.02 Å². The van der Waals surface area contributed by atoms with Crippen LogP contribution in [0.3, 0.4) is 0 Å². The minimum absolute atomic E-state index is 0.331. The van der Waals surface area contributed by atoms with Crippen molar-refractivity contribution in [1.82, 2.24) is 4.98 Å². The van der Waals surface area contributed by atoms with Crippen molar-refractivity contribution in [3.05, 3.63) is 64.3 Å². The number of nitrogens with zero attached hydrogens (tertiary/aromatic N) is 2. The molecule has 0 N–H and O–H groups in total. The molecule has 104 valence electrons. The molecular formula is C15H9ClN2O2S. The van der Waals surface area contributed by atoms with E-state index in [4.69, 9.17) is 11.6 Å². The van der Waals surface area contributed by atoms with E-state index in [1.54, 1.807) is 54.9 Å². The predicted molar refractivity (Wildman–Crippen MR) is 84.1 cm³/mol. The van der Waals surface area contributed by atoms with Gasteiger partial charge in [0.15, 0.2) is 0 Å². The Bertz CT molecular complexity index is 746. The molecule has 2 aromatic rings. The summed E-state index contributed by atoms with van der Waals surface area (Å²) >= 11 is 6.82. The van der Waals surface area contributed by atoms with Gasteiger partial charge in [-0.25, -0.2) is 4.90 Å². The van der Waals surface area contributed by atoms with Gasteiger partial charge in [0, 0.05) is 17.4 Å². The van der Waals surface area contributed by atoms with E-state index in [2.05, 4.69) is 4.98 Å². The molecule has 1 aliphatic rings. The topological polar surface area (TPSA) is 50.3 Å². The van der Waals surface area contributed by atoms with Gasteiger partial charge in [-0.2, -0.15) is 0 Å². The highest BCUT2D eigenvalue weighted by Gasteiger charge is 2.36. The van der Waals surface area contributed by atoms with Crippen molar-refractivity contribution in [1.29, 1.82) is 0 Å². The second-order valence-electron chi connectivity index (χ2n) is 4.28. The summed E-state index contributed by atoms with van der Waals surface area (Å²) in [4.78, 5) is 29.9. The van der Waals surface area contributed by atoms with Crippen LogP contribution >= 0.6 is 23.4 Å². The maximum Gasteiger partial charge on any atom is 0.298 e. The molecule has 1 aliphatic heterocycles. The number of hydrogen-bond donors (Lipinski definition) is 0. The quantitative estimate of drug-likeness (QED) is 0.786. The Labute approximate surface area is 130 Å². The Morgan fingerprint density at radius 2 is 1.90 bits per heavy atom.